The van der Waals surface area contributed by atoms with E-state index in [-0.39, 0.29) is 25.7 Å². The SMILES string of the molecule is CCC(C)CCCCCCCCCCCCCCCCC(=O)OC[C@H](COP(=O)(O)OCC(O)COP(=O)(O)OC[C@@H](COC(=O)CCCCCCCCCCC(C)C)OC(=O)CCCCCCCCCCC(C)CC)OC(=O)CCCCCCCCCCCCCCCCCCCCC(C)C. The number of hydrogen-bond donors (Lipinski definition) is 3. The van der Waals surface area contributed by atoms with Crippen LogP contribution in [-0.4, -0.2) is 96.7 Å². The van der Waals surface area contributed by atoms with Gasteiger partial charge < -0.3 is 33.8 Å². The summed E-state index contributed by atoms with van der Waals surface area (Å²) in [5.74, 6) is 1.05. The van der Waals surface area contributed by atoms with Gasteiger partial charge in [-0.15, -0.1) is 0 Å². The number of esters is 4. The summed E-state index contributed by atoms with van der Waals surface area (Å²) in [5, 5.41) is 10.7. The van der Waals surface area contributed by atoms with Gasteiger partial charge in [0.1, 0.15) is 19.3 Å². The average Bonchev–Trinajstić information content (AvgIpc) is 0.927. The van der Waals surface area contributed by atoms with E-state index in [1.54, 1.807) is 0 Å². The number of carbonyl (C=O) groups is 4. The molecule has 0 heterocycles. The first-order valence-corrected chi connectivity index (χ1v) is 45.8. The quantitative estimate of drug-likeness (QED) is 0.0222. The van der Waals surface area contributed by atoms with Crippen molar-refractivity contribution in [2.24, 2.45) is 23.7 Å². The fourth-order valence-electron chi connectivity index (χ4n) is 12.7. The summed E-state index contributed by atoms with van der Waals surface area (Å²) in [6.45, 7) is 14.3. The largest absolute Gasteiger partial charge is 0.472 e. The monoisotopic (exact) mass is 1490 g/mol. The second-order valence-corrected chi connectivity index (χ2v) is 34.2. The molecule has 5 unspecified atom stereocenters. The van der Waals surface area contributed by atoms with Crippen LogP contribution in [0.1, 0.15) is 428 Å². The molecule has 0 rings (SSSR count). The third kappa shape index (κ3) is 73.6. The minimum absolute atomic E-state index is 0.104. The molecule has 0 bridgehead atoms. The third-order valence-corrected chi connectivity index (χ3v) is 21.9. The van der Waals surface area contributed by atoms with E-state index >= 15 is 0 Å². The molecule has 0 spiro atoms. The predicted octanol–water partition coefficient (Wildman–Crippen LogP) is 24.8. The van der Waals surface area contributed by atoms with Crippen molar-refractivity contribution in [1.29, 1.82) is 0 Å². The number of ether oxygens (including phenoxy) is 4. The molecule has 0 aromatic heterocycles. The Morgan fingerprint density at radius 3 is 0.696 bits per heavy atom. The van der Waals surface area contributed by atoms with Crippen molar-refractivity contribution >= 4 is 39.5 Å². The number of unbranched alkanes of at least 4 members (excludes halogenated alkanes) is 44. The van der Waals surface area contributed by atoms with Crippen molar-refractivity contribution in [3.8, 4) is 0 Å². The predicted molar refractivity (Wildman–Crippen MR) is 418 cm³/mol. The van der Waals surface area contributed by atoms with Gasteiger partial charge in [0, 0.05) is 25.7 Å². The third-order valence-electron chi connectivity index (χ3n) is 20.0. The fourth-order valence-corrected chi connectivity index (χ4v) is 14.3. The summed E-state index contributed by atoms with van der Waals surface area (Å²) in [5.41, 5.74) is 0. The summed E-state index contributed by atoms with van der Waals surface area (Å²) in [6.07, 6.45) is 59.7. The molecule has 3 N–H and O–H groups in total. The molecule has 0 amide bonds. The molecule has 0 aliphatic rings. The maximum absolute atomic E-state index is 13.1. The van der Waals surface area contributed by atoms with Gasteiger partial charge in [-0.25, -0.2) is 9.13 Å². The number of aliphatic hydroxyl groups excluding tert-OH is 1. The lowest BCUT2D eigenvalue weighted by molar-refractivity contribution is -0.161. The lowest BCUT2D eigenvalue weighted by atomic mass is 9.99. The van der Waals surface area contributed by atoms with Crippen molar-refractivity contribution in [1.82, 2.24) is 0 Å². The molecule has 0 saturated heterocycles. The molecule has 0 aromatic carbocycles. The minimum Gasteiger partial charge on any atom is -0.462 e. The van der Waals surface area contributed by atoms with Gasteiger partial charge in [-0.3, -0.25) is 37.3 Å². The van der Waals surface area contributed by atoms with Gasteiger partial charge >= 0.3 is 39.5 Å². The summed E-state index contributed by atoms with van der Waals surface area (Å²) in [7, 11) is -9.92. The Morgan fingerprint density at radius 2 is 0.471 bits per heavy atom. The second-order valence-electron chi connectivity index (χ2n) is 31.3. The molecule has 0 radical (unpaired) electrons. The fraction of sp³-hybridized carbons (Fsp3) is 0.952. The number of carbonyl (C=O) groups excluding carboxylic acids is 4. The van der Waals surface area contributed by atoms with Crippen LogP contribution in [-0.2, 0) is 65.4 Å². The summed E-state index contributed by atoms with van der Waals surface area (Å²) in [4.78, 5) is 73.1. The van der Waals surface area contributed by atoms with Crippen molar-refractivity contribution in [3.63, 3.8) is 0 Å². The highest BCUT2D eigenvalue weighted by atomic mass is 31.2. The zero-order valence-electron chi connectivity index (χ0n) is 67.2. The van der Waals surface area contributed by atoms with Crippen LogP contribution in [0.5, 0.6) is 0 Å². The van der Waals surface area contributed by atoms with E-state index in [4.69, 9.17) is 37.0 Å². The number of aliphatic hydroxyl groups is 1. The number of phosphoric acid groups is 2. The highest BCUT2D eigenvalue weighted by Crippen LogP contribution is 2.45. The highest BCUT2D eigenvalue weighted by Gasteiger charge is 2.30. The van der Waals surface area contributed by atoms with E-state index in [1.165, 1.54) is 231 Å². The van der Waals surface area contributed by atoms with Gasteiger partial charge in [0.25, 0.3) is 0 Å². The molecular formula is C83H162O17P2. The van der Waals surface area contributed by atoms with Crippen LogP contribution in [0.3, 0.4) is 0 Å². The van der Waals surface area contributed by atoms with Crippen LogP contribution in [0.4, 0.5) is 0 Å². The summed E-state index contributed by atoms with van der Waals surface area (Å²) < 4.78 is 68.8. The molecule has 17 nitrogen and oxygen atoms in total. The van der Waals surface area contributed by atoms with Crippen molar-refractivity contribution in [2.45, 2.75) is 446 Å². The van der Waals surface area contributed by atoms with Gasteiger partial charge in [-0.2, -0.15) is 0 Å². The summed E-state index contributed by atoms with van der Waals surface area (Å²) in [6, 6.07) is 0. The van der Waals surface area contributed by atoms with Crippen LogP contribution in [0, 0.1) is 23.7 Å². The molecule has 0 aliphatic heterocycles. The van der Waals surface area contributed by atoms with Gasteiger partial charge in [0.15, 0.2) is 12.2 Å². The van der Waals surface area contributed by atoms with Gasteiger partial charge in [0.2, 0.25) is 0 Å². The van der Waals surface area contributed by atoms with Gasteiger partial charge in [-0.05, 0) is 49.4 Å². The van der Waals surface area contributed by atoms with Gasteiger partial charge in [0.05, 0.1) is 26.4 Å². The standard InChI is InChI=1S/C83H162O17P2/c1-9-75(7)61-53-45-37-28-24-20-17-18-21-25-29-39-47-55-63-80(85)93-69-78(99-82(87)65-57-49-41-30-26-22-16-14-12-11-13-15-19-23-27-35-43-51-59-73(3)4)71-97-101(89,90)95-67-77(84)68-96-102(91,92)98-72-79(70-94-81(86)64-56-48-40-33-31-36-44-52-60-74(5)6)100-83(88)66-58-50-42-34-32-38-46-54-62-76(8)10-2/h73-79,84H,9-72H2,1-8H3,(H,89,90)(H,91,92)/t75?,76?,77?,78-,79-/m1/s1. The van der Waals surface area contributed by atoms with Crippen LogP contribution >= 0.6 is 15.6 Å². The van der Waals surface area contributed by atoms with Crippen LogP contribution in [0.2, 0.25) is 0 Å². The Balaban J connectivity index is 5.24. The lowest BCUT2D eigenvalue weighted by Crippen LogP contribution is -2.30. The van der Waals surface area contributed by atoms with Crippen LogP contribution in [0.25, 0.3) is 0 Å². The first kappa shape index (κ1) is 100. The van der Waals surface area contributed by atoms with Gasteiger partial charge in [-0.1, -0.05) is 376 Å². The smallest absolute Gasteiger partial charge is 0.462 e. The minimum atomic E-state index is -4.96. The van der Waals surface area contributed by atoms with Crippen LogP contribution in [0.15, 0.2) is 0 Å². The Kier molecular flexibility index (Phi) is 70.6. The lowest BCUT2D eigenvalue weighted by Gasteiger charge is -2.21. The Hall–Kier alpha value is -1.94. The Labute approximate surface area is 626 Å². The topological polar surface area (TPSA) is 237 Å². The van der Waals surface area contributed by atoms with Crippen molar-refractivity contribution in [2.75, 3.05) is 39.6 Å². The number of rotatable bonds is 80. The van der Waals surface area contributed by atoms with E-state index < -0.39 is 97.5 Å². The van der Waals surface area contributed by atoms with Crippen molar-refractivity contribution < 1.29 is 80.2 Å². The molecule has 19 heteroatoms. The van der Waals surface area contributed by atoms with E-state index in [0.29, 0.717) is 25.7 Å². The Morgan fingerprint density at radius 1 is 0.275 bits per heavy atom. The maximum Gasteiger partial charge on any atom is 0.472 e. The molecule has 606 valence electrons. The van der Waals surface area contributed by atoms with Crippen LogP contribution < -0.4 is 0 Å². The number of hydrogen-bond acceptors (Lipinski definition) is 15. The summed E-state index contributed by atoms with van der Waals surface area (Å²) >= 11 is 0. The average molecular weight is 1490 g/mol. The first-order valence-electron chi connectivity index (χ1n) is 42.8. The van der Waals surface area contributed by atoms with E-state index in [1.807, 2.05) is 0 Å². The molecule has 7 atom stereocenters. The van der Waals surface area contributed by atoms with E-state index in [9.17, 15) is 43.2 Å². The molecular weight excluding hydrogens is 1330 g/mol. The molecule has 0 saturated carbocycles. The second kappa shape index (κ2) is 72.0. The maximum atomic E-state index is 13.1. The molecule has 0 fully saturated rings. The normalized spacial score (nSPS) is 14.5. The molecule has 0 aromatic rings. The zero-order chi connectivity index (χ0) is 75.3. The molecule has 0 aliphatic carbocycles. The zero-order valence-corrected chi connectivity index (χ0v) is 69.0. The first-order chi connectivity index (χ1) is 49.2. The van der Waals surface area contributed by atoms with E-state index in [0.717, 1.165) is 114 Å². The molecule has 102 heavy (non-hydrogen) atoms. The van der Waals surface area contributed by atoms with E-state index in [2.05, 4.69) is 55.4 Å². The van der Waals surface area contributed by atoms with Crippen molar-refractivity contribution in [3.05, 3.63) is 0 Å². The highest BCUT2D eigenvalue weighted by molar-refractivity contribution is 7.47. The Bertz CT molecular complexity index is 1990. The number of phosphoric ester groups is 2.